The minimum Gasteiger partial charge on any atom is -0.487 e. The van der Waals surface area contributed by atoms with Crippen molar-refractivity contribution in [3.8, 4) is 11.8 Å². The molecule has 134 valence electrons. The Kier molecular flexibility index (Phi) is 6.44. The number of nitriles is 1. The predicted octanol–water partition coefficient (Wildman–Crippen LogP) is 6.99. The van der Waals surface area contributed by atoms with Crippen molar-refractivity contribution in [1.29, 1.82) is 5.26 Å². The van der Waals surface area contributed by atoms with E-state index in [2.05, 4.69) is 37.9 Å². The number of nitrogens with zero attached hydrogens (tertiary/aromatic N) is 1. The number of ether oxygens (including phenoxy) is 1. The van der Waals surface area contributed by atoms with Gasteiger partial charge < -0.3 is 4.74 Å². The van der Waals surface area contributed by atoms with Crippen LogP contribution in [-0.2, 0) is 6.61 Å². The van der Waals surface area contributed by atoms with Gasteiger partial charge in [-0.1, -0.05) is 42.5 Å². The summed E-state index contributed by atoms with van der Waals surface area (Å²) in [4.78, 5) is 0. The van der Waals surface area contributed by atoms with Crippen LogP contribution in [0.1, 0.15) is 16.7 Å². The Morgan fingerprint density at radius 3 is 2.33 bits per heavy atom. The summed E-state index contributed by atoms with van der Waals surface area (Å²) in [5.74, 6) is 0.306. The summed E-state index contributed by atoms with van der Waals surface area (Å²) in [6.07, 6.45) is 1.71. The molecule has 0 N–H and O–H groups in total. The molecule has 0 radical (unpaired) electrons. The molecule has 0 atom stereocenters. The average Bonchev–Trinajstić information content (AvgIpc) is 2.66. The van der Waals surface area contributed by atoms with Gasteiger partial charge in [-0.3, -0.25) is 0 Å². The van der Waals surface area contributed by atoms with Gasteiger partial charge in [0.25, 0.3) is 0 Å². The molecule has 3 aromatic carbocycles. The van der Waals surface area contributed by atoms with Crippen LogP contribution in [0.2, 0.25) is 0 Å². The van der Waals surface area contributed by atoms with Crippen molar-refractivity contribution in [3.05, 3.63) is 98.2 Å². The lowest BCUT2D eigenvalue weighted by Crippen LogP contribution is -1.97. The van der Waals surface area contributed by atoms with Crippen LogP contribution in [0.25, 0.3) is 11.6 Å². The molecular weight excluding hydrogens is 473 g/mol. The number of rotatable bonds is 5. The molecular formula is C22H14Br2FNO. The Balaban J connectivity index is 1.86. The summed E-state index contributed by atoms with van der Waals surface area (Å²) >= 11 is 7.05. The smallest absolute Gasteiger partial charge is 0.148 e. The lowest BCUT2D eigenvalue weighted by molar-refractivity contribution is 0.302. The number of hydrogen-bond donors (Lipinski definition) is 0. The Bertz CT molecular complexity index is 1000. The zero-order valence-electron chi connectivity index (χ0n) is 14.1. The van der Waals surface area contributed by atoms with Crippen molar-refractivity contribution in [2.75, 3.05) is 0 Å². The second-order valence-electron chi connectivity index (χ2n) is 5.77. The third kappa shape index (κ3) is 5.06. The van der Waals surface area contributed by atoms with Crippen LogP contribution >= 0.6 is 31.9 Å². The lowest BCUT2D eigenvalue weighted by Gasteiger charge is -2.12. The van der Waals surface area contributed by atoms with Gasteiger partial charge in [0.05, 0.1) is 20.6 Å². The van der Waals surface area contributed by atoms with E-state index in [-0.39, 0.29) is 5.82 Å². The van der Waals surface area contributed by atoms with Gasteiger partial charge in [0.2, 0.25) is 0 Å². The summed E-state index contributed by atoms with van der Waals surface area (Å²) in [6, 6.07) is 21.7. The highest BCUT2D eigenvalue weighted by atomic mass is 79.9. The van der Waals surface area contributed by atoms with E-state index >= 15 is 0 Å². The van der Waals surface area contributed by atoms with Crippen LogP contribution in [0.5, 0.6) is 5.75 Å². The van der Waals surface area contributed by atoms with E-state index < -0.39 is 0 Å². The molecule has 27 heavy (non-hydrogen) atoms. The van der Waals surface area contributed by atoms with E-state index in [0.717, 1.165) is 20.1 Å². The molecule has 0 unspecified atom stereocenters. The monoisotopic (exact) mass is 485 g/mol. The Hall–Kier alpha value is -2.42. The molecule has 0 bridgehead atoms. The Labute approximate surface area is 174 Å². The molecule has 0 saturated heterocycles. The molecule has 3 aromatic rings. The zero-order valence-corrected chi connectivity index (χ0v) is 17.3. The Morgan fingerprint density at radius 1 is 1.00 bits per heavy atom. The van der Waals surface area contributed by atoms with E-state index in [0.29, 0.717) is 23.5 Å². The molecule has 0 aliphatic heterocycles. The number of allylic oxidation sites excluding steroid dienone is 1. The molecule has 2 nitrogen and oxygen atoms in total. The topological polar surface area (TPSA) is 33.0 Å². The van der Waals surface area contributed by atoms with Gasteiger partial charge in [0.1, 0.15) is 18.2 Å². The van der Waals surface area contributed by atoms with Gasteiger partial charge in [-0.25, -0.2) is 4.39 Å². The molecule has 0 saturated carbocycles. The third-order valence-electron chi connectivity index (χ3n) is 3.81. The number of halogens is 3. The van der Waals surface area contributed by atoms with Crippen LogP contribution in [0.15, 0.2) is 75.7 Å². The summed E-state index contributed by atoms with van der Waals surface area (Å²) < 4.78 is 20.9. The van der Waals surface area contributed by atoms with E-state index in [1.165, 1.54) is 12.1 Å². The second-order valence-corrected chi connectivity index (χ2v) is 7.48. The normalized spacial score (nSPS) is 11.1. The minimum absolute atomic E-state index is 0.374. The van der Waals surface area contributed by atoms with Crippen LogP contribution in [0.3, 0.4) is 0 Å². The highest BCUT2D eigenvalue weighted by Gasteiger charge is 2.10. The summed E-state index contributed by atoms with van der Waals surface area (Å²) in [5.41, 5.74) is 2.78. The quantitative estimate of drug-likeness (QED) is 0.287. The molecule has 0 aliphatic rings. The van der Waals surface area contributed by atoms with Gasteiger partial charge in [-0.2, -0.15) is 5.26 Å². The maximum atomic E-state index is 13.4. The van der Waals surface area contributed by atoms with Crippen molar-refractivity contribution in [2.45, 2.75) is 6.61 Å². The summed E-state index contributed by atoms with van der Waals surface area (Å²) in [6.45, 7) is 0.444. The fraction of sp³-hybridized carbons (Fsp3) is 0.0455. The summed E-state index contributed by atoms with van der Waals surface area (Å²) in [7, 11) is 0. The van der Waals surface area contributed by atoms with Crippen molar-refractivity contribution in [3.63, 3.8) is 0 Å². The minimum atomic E-state index is -0.374. The summed E-state index contributed by atoms with van der Waals surface area (Å²) in [5, 5.41) is 9.45. The molecule has 0 fully saturated rings. The number of benzene rings is 3. The molecule has 3 rings (SSSR count). The molecule has 0 heterocycles. The van der Waals surface area contributed by atoms with Crippen LogP contribution in [0, 0.1) is 17.1 Å². The molecule has 0 aliphatic carbocycles. The van der Waals surface area contributed by atoms with E-state index in [1.807, 2.05) is 42.5 Å². The SMILES string of the molecule is N#C/C(=C/c1cc(Br)c(OCc2ccccc2)c(Br)c1)c1cccc(F)c1. The molecule has 0 aromatic heterocycles. The first-order chi connectivity index (χ1) is 13.1. The number of hydrogen-bond acceptors (Lipinski definition) is 2. The fourth-order valence-corrected chi connectivity index (χ4v) is 3.98. The van der Waals surface area contributed by atoms with Crippen LogP contribution in [-0.4, -0.2) is 0 Å². The van der Waals surface area contributed by atoms with Crippen molar-refractivity contribution >= 4 is 43.5 Å². The van der Waals surface area contributed by atoms with Gasteiger partial charge >= 0.3 is 0 Å². The molecule has 0 spiro atoms. The van der Waals surface area contributed by atoms with Crippen LogP contribution in [0.4, 0.5) is 4.39 Å². The van der Waals surface area contributed by atoms with E-state index in [1.54, 1.807) is 18.2 Å². The maximum absolute atomic E-state index is 13.4. The predicted molar refractivity (Wildman–Crippen MR) is 113 cm³/mol. The van der Waals surface area contributed by atoms with Crippen molar-refractivity contribution in [1.82, 2.24) is 0 Å². The lowest BCUT2D eigenvalue weighted by atomic mass is 10.0. The highest BCUT2D eigenvalue weighted by Crippen LogP contribution is 2.36. The van der Waals surface area contributed by atoms with E-state index in [4.69, 9.17) is 4.74 Å². The largest absolute Gasteiger partial charge is 0.487 e. The first kappa shape index (κ1) is 19.3. The van der Waals surface area contributed by atoms with Crippen LogP contribution < -0.4 is 4.74 Å². The molecule has 0 amide bonds. The molecule has 5 heteroatoms. The maximum Gasteiger partial charge on any atom is 0.148 e. The van der Waals surface area contributed by atoms with Crippen molar-refractivity contribution < 1.29 is 9.13 Å². The van der Waals surface area contributed by atoms with E-state index in [9.17, 15) is 9.65 Å². The third-order valence-corrected chi connectivity index (χ3v) is 4.99. The van der Waals surface area contributed by atoms with Crippen molar-refractivity contribution in [2.24, 2.45) is 0 Å². The fourth-order valence-electron chi connectivity index (χ4n) is 2.53. The van der Waals surface area contributed by atoms with Gasteiger partial charge in [-0.15, -0.1) is 0 Å². The van der Waals surface area contributed by atoms with Gasteiger partial charge in [0.15, 0.2) is 0 Å². The first-order valence-electron chi connectivity index (χ1n) is 8.10. The average molecular weight is 487 g/mol. The van der Waals surface area contributed by atoms with Gasteiger partial charge in [0, 0.05) is 0 Å². The Morgan fingerprint density at radius 2 is 1.70 bits per heavy atom. The standard InChI is InChI=1S/C22H14Br2FNO/c23-20-10-16(9-18(13-26)17-7-4-8-19(25)12-17)11-21(24)22(20)27-14-15-5-2-1-3-6-15/h1-12H,14H2/b18-9-. The highest BCUT2D eigenvalue weighted by molar-refractivity contribution is 9.11. The zero-order chi connectivity index (χ0) is 19.2. The van der Waals surface area contributed by atoms with Gasteiger partial charge in [-0.05, 0) is 78.9 Å². The first-order valence-corrected chi connectivity index (χ1v) is 9.69. The second kappa shape index (κ2) is 8.98.